The van der Waals surface area contributed by atoms with Gasteiger partial charge in [-0.2, -0.15) is 0 Å². The summed E-state index contributed by atoms with van der Waals surface area (Å²) in [6.45, 7) is 0.293. The third-order valence-corrected chi connectivity index (χ3v) is 2.82. The van der Waals surface area contributed by atoms with Crippen LogP contribution in [0.15, 0.2) is 48.5 Å². The number of ether oxygens (including phenoxy) is 1. The summed E-state index contributed by atoms with van der Waals surface area (Å²) in [6, 6.07) is 13.1. The summed E-state index contributed by atoms with van der Waals surface area (Å²) in [5, 5.41) is 8.95. The van der Waals surface area contributed by atoms with Gasteiger partial charge in [-0.3, -0.25) is 0 Å². The van der Waals surface area contributed by atoms with Crippen LogP contribution in [-0.2, 0) is 6.61 Å². The molecule has 0 aliphatic rings. The lowest BCUT2D eigenvalue weighted by molar-refractivity contribution is 0.267. The van der Waals surface area contributed by atoms with E-state index in [9.17, 15) is 4.39 Å². The fraction of sp³-hybridized carbons (Fsp3) is 0.200. The average molecular weight is 261 g/mol. The van der Waals surface area contributed by atoms with Crippen LogP contribution in [0.2, 0.25) is 0 Å². The molecule has 2 rings (SSSR count). The largest absolute Gasteiger partial charge is 0.489 e. The lowest BCUT2D eigenvalue weighted by atomic mass is 10.1. The quantitative estimate of drug-likeness (QED) is 0.869. The number of benzene rings is 2. The van der Waals surface area contributed by atoms with E-state index in [0.29, 0.717) is 12.4 Å². The van der Waals surface area contributed by atoms with Crippen LogP contribution in [0.4, 0.5) is 4.39 Å². The number of rotatable bonds is 5. The van der Waals surface area contributed by atoms with Gasteiger partial charge in [-0.15, -0.1) is 0 Å². The maximum atomic E-state index is 12.7. The van der Waals surface area contributed by atoms with Crippen LogP contribution in [0, 0.1) is 5.82 Å². The van der Waals surface area contributed by atoms with Gasteiger partial charge in [-0.25, -0.2) is 4.39 Å². The lowest BCUT2D eigenvalue weighted by Gasteiger charge is -2.10. The van der Waals surface area contributed by atoms with Crippen molar-refractivity contribution in [1.29, 1.82) is 0 Å². The molecular weight excluding hydrogens is 245 g/mol. The summed E-state index contributed by atoms with van der Waals surface area (Å²) in [7, 11) is 0. The molecule has 0 saturated heterocycles. The summed E-state index contributed by atoms with van der Waals surface area (Å²) in [6.07, 6.45) is 0. The molecule has 3 nitrogen and oxygen atoms in total. The van der Waals surface area contributed by atoms with E-state index in [2.05, 4.69) is 0 Å². The molecule has 4 heteroatoms. The minimum absolute atomic E-state index is 0.0875. The van der Waals surface area contributed by atoms with Gasteiger partial charge in [0.2, 0.25) is 0 Å². The van der Waals surface area contributed by atoms with Crippen LogP contribution in [-0.4, -0.2) is 11.7 Å². The highest BCUT2D eigenvalue weighted by Crippen LogP contribution is 2.17. The van der Waals surface area contributed by atoms with Gasteiger partial charge in [-0.1, -0.05) is 24.3 Å². The number of nitrogens with two attached hydrogens (primary N) is 1. The molecule has 100 valence electrons. The molecule has 3 N–H and O–H groups in total. The van der Waals surface area contributed by atoms with E-state index in [1.54, 1.807) is 24.3 Å². The fourth-order valence-electron chi connectivity index (χ4n) is 1.66. The molecule has 0 heterocycles. The summed E-state index contributed by atoms with van der Waals surface area (Å²) in [4.78, 5) is 0. The zero-order valence-electron chi connectivity index (χ0n) is 10.4. The van der Waals surface area contributed by atoms with E-state index in [-0.39, 0.29) is 18.5 Å². The van der Waals surface area contributed by atoms with E-state index in [1.165, 1.54) is 12.1 Å². The molecule has 2 aromatic rings. The maximum Gasteiger partial charge on any atom is 0.123 e. The second-order valence-corrected chi connectivity index (χ2v) is 4.27. The first-order chi connectivity index (χ1) is 9.19. The SMILES string of the molecule is N[C@@H](CO)c1ccc(OCc2ccc(F)cc2)cc1. The Morgan fingerprint density at radius 2 is 1.68 bits per heavy atom. The molecule has 0 fully saturated rings. The molecule has 0 saturated carbocycles. The third-order valence-electron chi connectivity index (χ3n) is 2.82. The summed E-state index contributed by atoms with van der Waals surface area (Å²) in [5.41, 5.74) is 7.46. The van der Waals surface area contributed by atoms with Crippen LogP contribution < -0.4 is 10.5 Å². The van der Waals surface area contributed by atoms with Gasteiger partial charge in [0.25, 0.3) is 0 Å². The van der Waals surface area contributed by atoms with Gasteiger partial charge >= 0.3 is 0 Å². The van der Waals surface area contributed by atoms with Crippen molar-refractivity contribution in [3.05, 3.63) is 65.5 Å². The van der Waals surface area contributed by atoms with Gasteiger partial charge in [0, 0.05) is 0 Å². The predicted molar refractivity (Wildman–Crippen MR) is 71.2 cm³/mol. The molecule has 0 radical (unpaired) electrons. The third kappa shape index (κ3) is 3.77. The van der Waals surface area contributed by atoms with Crippen molar-refractivity contribution >= 4 is 0 Å². The lowest BCUT2D eigenvalue weighted by Crippen LogP contribution is -2.14. The first kappa shape index (κ1) is 13.5. The second kappa shape index (κ2) is 6.31. The van der Waals surface area contributed by atoms with E-state index in [1.807, 2.05) is 12.1 Å². The smallest absolute Gasteiger partial charge is 0.123 e. The first-order valence-corrected chi connectivity index (χ1v) is 6.02. The highest BCUT2D eigenvalue weighted by molar-refractivity contribution is 5.29. The van der Waals surface area contributed by atoms with Crippen molar-refractivity contribution in [1.82, 2.24) is 0 Å². The molecular formula is C15H16FNO2. The molecule has 0 aliphatic heterocycles. The number of halogens is 1. The van der Waals surface area contributed by atoms with E-state index in [0.717, 1.165) is 11.1 Å². The summed E-state index contributed by atoms with van der Waals surface area (Å²) < 4.78 is 18.3. The second-order valence-electron chi connectivity index (χ2n) is 4.27. The Morgan fingerprint density at radius 3 is 2.26 bits per heavy atom. The van der Waals surface area contributed by atoms with E-state index < -0.39 is 0 Å². The number of hydrogen-bond donors (Lipinski definition) is 2. The number of hydrogen-bond acceptors (Lipinski definition) is 3. The molecule has 0 spiro atoms. The van der Waals surface area contributed by atoms with Crippen molar-refractivity contribution in [2.45, 2.75) is 12.6 Å². The summed E-state index contributed by atoms with van der Waals surface area (Å²) >= 11 is 0. The topological polar surface area (TPSA) is 55.5 Å². The van der Waals surface area contributed by atoms with Crippen molar-refractivity contribution < 1.29 is 14.2 Å². The molecule has 0 aromatic heterocycles. The van der Waals surface area contributed by atoms with Crippen LogP contribution in [0.25, 0.3) is 0 Å². The van der Waals surface area contributed by atoms with Gasteiger partial charge in [-0.05, 0) is 35.4 Å². The Morgan fingerprint density at radius 1 is 1.05 bits per heavy atom. The maximum absolute atomic E-state index is 12.7. The predicted octanol–water partition coefficient (Wildman–Crippen LogP) is 2.40. The van der Waals surface area contributed by atoms with Gasteiger partial charge in [0.15, 0.2) is 0 Å². The van der Waals surface area contributed by atoms with Crippen LogP contribution in [0.1, 0.15) is 17.2 Å². The molecule has 2 aromatic carbocycles. The Kier molecular flexibility index (Phi) is 4.49. The Balaban J connectivity index is 1.94. The Labute approximate surface area is 111 Å². The first-order valence-electron chi connectivity index (χ1n) is 6.02. The number of aliphatic hydroxyl groups is 1. The average Bonchev–Trinajstić information content (AvgIpc) is 2.46. The summed E-state index contributed by atoms with van der Waals surface area (Å²) in [5.74, 6) is 0.448. The van der Waals surface area contributed by atoms with Crippen molar-refractivity contribution in [2.24, 2.45) is 5.73 Å². The van der Waals surface area contributed by atoms with Crippen LogP contribution >= 0.6 is 0 Å². The van der Waals surface area contributed by atoms with E-state index in [4.69, 9.17) is 15.6 Å². The van der Waals surface area contributed by atoms with Crippen LogP contribution in [0.5, 0.6) is 5.75 Å². The molecule has 0 unspecified atom stereocenters. The molecule has 1 atom stereocenters. The van der Waals surface area contributed by atoms with Crippen LogP contribution in [0.3, 0.4) is 0 Å². The highest BCUT2D eigenvalue weighted by Gasteiger charge is 2.04. The molecule has 19 heavy (non-hydrogen) atoms. The normalized spacial score (nSPS) is 12.2. The fourth-order valence-corrected chi connectivity index (χ4v) is 1.66. The molecule has 0 aliphatic carbocycles. The minimum atomic E-state index is -0.369. The van der Waals surface area contributed by atoms with Gasteiger partial charge < -0.3 is 15.6 Å². The van der Waals surface area contributed by atoms with Crippen molar-refractivity contribution in [3.63, 3.8) is 0 Å². The molecule has 0 bridgehead atoms. The van der Waals surface area contributed by atoms with Gasteiger partial charge in [0.05, 0.1) is 12.6 Å². The highest BCUT2D eigenvalue weighted by atomic mass is 19.1. The molecule has 0 amide bonds. The zero-order valence-corrected chi connectivity index (χ0v) is 10.4. The Bertz CT molecular complexity index is 511. The van der Waals surface area contributed by atoms with Crippen molar-refractivity contribution in [3.8, 4) is 5.75 Å². The van der Waals surface area contributed by atoms with Crippen molar-refractivity contribution in [2.75, 3.05) is 6.61 Å². The number of aliphatic hydroxyl groups excluding tert-OH is 1. The zero-order chi connectivity index (χ0) is 13.7. The Hall–Kier alpha value is -1.91. The minimum Gasteiger partial charge on any atom is -0.489 e. The van der Waals surface area contributed by atoms with Gasteiger partial charge in [0.1, 0.15) is 18.2 Å². The van der Waals surface area contributed by atoms with E-state index >= 15 is 0 Å². The monoisotopic (exact) mass is 261 g/mol. The standard InChI is InChI=1S/C15H16FNO2/c16-13-5-1-11(2-6-13)10-19-14-7-3-12(4-8-14)15(17)9-18/h1-8,15,18H,9-10,17H2/t15-/m0/s1.